The van der Waals surface area contributed by atoms with Crippen LogP contribution in [0.15, 0.2) is 24.3 Å². The predicted octanol–water partition coefficient (Wildman–Crippen LogP) is 2.72. The lowest BCUT2D eigenvalue weighted by atomic mass is 10.2. The molecule has 2 rings (SSSR count). The van der Waals surface area contributed by atoms with Crippen molar-refractivity contribution in [2.45, 2.75) is 38.6 Å². The lowest BCUT2D eigenvalue weighted by molar-refractivity contribution is 0.153. The standard InChI is InChI=1S/C19H28ClN3O3S/c1-2-3-4-5-6-9-18(21-24)16-27(25,26)23-13-11-22(12-14-23)19-10-7-8-17(20)15-19/h7-8,10,15,18,21,24H,2-5,11-14,16H2,1H3. The van der Waals surface area contributed by atoms with E-state index in [1.54, 1.807) is 0 Å². The molecule has 0 amide bonds. The molecule has 0 aromatic heterocycles. The van der Waals surface area contributed by atoms with Crippen LogP contribution in [-0.2, 0) is 10.0 Å². The number of hydroxylamine groups is 1. The highest BCUT2D eigenvalue weighted by Gasteiger charge is 2.29. The highest BCUT2D eigenvalue weighted by atomic mass is 35.5. The number of anilines is 1. The van der Waals surface area contributed by atoms with Gasteiger partial charge in [0.25, 0.3) is 0 Å². The molecule has 150 valence electrons. The Labute approximate surface area is 167 Å². The van der Waals surface area contributed by atoms with Crippen LogP contribution in [0.25, 0.3) is 0 Å². The molecular weight excluding hydrogens is 386 g/mol. The molecule has 1 unspecified atom stereocenters. The Hall–Kier alpha value is -1.30. The maximum atomic E-state index is 12.7. The first kappa shape index (κ1) is 22.0. The van der Waals surface area contributed by atoms with Gasteiger partial charge in [0, 0.05) is 43.3 Å². The van der Waals surface area contributed by atoms with Crippen LogP contribution < -0.4 is 10.4 Å². The Morgan fingerprint density at radius 1 is 1.26 bits per heavy atom. The maximum absolute atomic E-state index is 12.7. The van der Waals surface area contributed by atoms with E-state index < -0.39 is 16.1 Å². The molecule has 1 saturated heterocycles. The summed E-state index contributed by atoms with van der Waals surface area (Å²) in [6, 6.07) is 6.78. The number of piperazine rings is 1. The van der Waals surface area contributed by atoms with Crippen molar-refractivity contribution in [1.29, 1.82) is 0 Å². The maximum Gasteiger partial charge on any atom is 0.216 e. The third kappa shape index (κ3) is 6.98. The molecule has 0 bridgehead atoms. The molecule has 1 aromatic carbocycles. The topological polar surface area (TPSA) is 72.9 Å². The highest BCUT2D eigenvalue weighted by Crippen LogP contribution is 2.21. The first-order valence-corrected chi connectivity index (χ1v) is 11.3. The van der Waals surface area contributed by atoms with E-state index in [-0.39, 0.29) is 5.75 Å². The van der Waals surface area contributed by atoms with Gasteiger partial charge in [0.1, 0.15) is 6.04 Å². The Morgan fingerprint density at radius 3 is 2.63 bits per heavy atom. The smallest absolute Gasteiger partial charge is 0.216 e. The summed E-state index contributed by atoms with van der Waals surface area (Å²) in [7, 11) is -3.50. The van der Waals surface area contributed by atoms with Crippen molar-refractivity contribution in [1.82, 2.24) is 9.79 Å². The molecule has 6 nitrogen and oxygen atoms in total. The first-order valence-electron chi connectivity index (χ1n) is 9.32. The molecule has 0 saturated carbocycles. The molecule has 0 aliphatic carbocycles. The largest absolute Gasteiger partial charge is 0.369 e. The molecule has 1 aliphatic heterocycles. The average molecular weight is 414 g/mol. The van der Waals surface area contributed by atoms with Crippen LogP contribution >= 0.6 is 11.6 Å². The molecular formula is C19H28ClN3O3S. The van der Waals surface area contributed by atoms with E-state index in [1.165, 1.54) is 4.31 Å². The van der Waals surface area contributed by atoms with Gasteiger partial charge in [-0.05, 0) is 24.6 Å². The zero-order chi connectivity index (χ0) is 19.7. The monoisotopic (exact) mass is 413 g/mol. The lowest BCUT2D eigenvalue weighted by Gasteiger charge is -2.35. The van der Waals surface area contributed by atoms with Crippen LogP contribution in [0.5, 0.6) is 0 Å². The van der Waals surface area contributed by atoms with Crippen molar-refractivity contribution in [2.75, 3.05) is 36.8 Å². The number of rotatable bonds is 8. The van der Waals surface area contributed by atoms with E-state index >= 15 is 0 Å². The number of hydrogen-bond donors (Lipinski definition) is 2. The molecule has 1 atom stereocenters. The number of unbranched alkanes of at least 4 members (excludes halogenated alkanes) is 3. The summed E-state index contributed by atoms with van der Waals surface area (Å²) in [4.78, 5) is 2.12. The Morgan fingerprint density at radius 2 is 2.00 bits per heavy atom. The quantitative estimate of drug-likeness (QED) is 0.389. The van der Waals surface area contributed by atoms with Gasteiger partial charge in [0.2, 0.25) is 10.0 Å². The SMILES string of the molecule is CCCCCC#CC(CS(=O)(=O)N1CCN(c2cccc(Cl)c2)CC1)NO. The van der Waals surface area contributed by atoms with Gasteiger partial charge in [0.15, 0.2) is 0 Å². The van der Waals surface area contributed by atoms with E-state index in [0.29, 0.717) is 37.6 Å². The second-order valence-electron chi connectivity index (χ2n) is 6.60. The van der Waals surface area contributed by atoms with Gasteiger partial charge in [-0.3, -0.25) is 0 Å². The molecule has 27 heavy (non-hydrogen) atoms. The van der Waals surface area contributed by atoms with E-state index in [0.717, 1.165) is 24.9 Å². The minimum atomic E-state index is -3.50. The fourth-order valence-electron chi connectivity index (χ4n) is 2.98. The molecule has 8 heteroatoms. The number of nitrogens with one attached hydrogen (secondary N) is 1. The lowest BCUT2D eigenvalue weighted by Crippen LogP contribution is -2.51. The summed E-state index contributed by atoms with van der Waals surface area (Å²) in [5.41, 5.74) is 3.02. The second-order valence-corrected chi connectivity index (χ2v) is 9.05. The fourth-order valence-corrected chi connectivity index (χ4v) is 4.68. The minimum absolute atomic E-state index is 0.235. The summed E-state index contributed by atoms with van der Waals surface area (Å²) < 4.78 is 26.8. The van der Waals surface area contributed by atoms with E-state index in [2.05, 4.69) is 23.7 Å². The van der Waals surface area contributed by atoms with Crippen LogP contribution in [0.3, 0.4) is 0 Å². The number of hydrogen-bond acceptors (Lipinski definition) is 5. The number of sulfonamides is 1. The van der Waals surface area contributed by atoms with Crippen molar-refractivity contribution >= 4 is 27.3 Å². The van der Waals surface area contributed by atoms with Crippen molar-refractivity contribution in [3.63, 3.8) is 0 Å². The van der Waals surface area contributed by atoms with Gasteiger partial charge in [-0.1, -0.05) is 43.4 Å². The third-order valence-corrected chi connectivity index (χ3v) is 6.66. The molecule has 1 fully saturated rings. The summed E-state index contributed by atoms with van der Waals surface area (Å²) in [5, 5.41) is 9.91. The van der Waals surface area contributed by atoms with E-state index in [1.807, 2.05) is 29.7 Å². The minimum Gasteiger partial charge on any atom is -0.369 e. The van der Waals surface area contributed by atoms with Crippen molar-refractivity contribution in [3.8, 4) is 11.8 Å². The molecule has 0 spiro atoms. The predicted molar refractivity (Wildman–Crippen MR) is 110 cm³/mol. The number of halogens is 1. The fraction of sp³-hybridized carbons (Fsp3) is 0.579. The molecule has 1 heterocycles. The summed E-state index contributed by atoms with van der Waals surface area (Å²) in [5.74, 6) is 5.54. The Balaban J connectivity index is 1.89. The van der Waals surface area contributed by atoms with Gasteiger partial charge < -0.3 is 10.1 Å². The summed E-state index contributed by atoms with van der Waals surface area (Å²) >= 11 is 6.03. The zero-order valence-electron chi connectivity index (χ0n) is 15.7. The van der Waals surface area contributed by atoms with Crippen LogP contribution in [0.4, 0.5) is 5.69 Å². The van der Waals surface area contributed by atoms with Crippen molar-refractivity contribution in [2.24, 2.45) is 0 Å². The van der Waals surface area contributed by atoms with Gasteiger partial charge >= 0.3 is 0 Å². The summed E-state index contributed by atoms with van der Waals surface area (Å²) in [6.45, 7) is 4.11. The van der Waals surface area contributed by atoms with Crippen LogP contribution in [0.1, 0.15) is 32.6 Å². The summed E-state index contributed by atoms with van der Waals surface area (Å²) in [6.07, 6.45) is 3.91. The Bertz CT molecular complexity index is 753. The van der Waals surface area contributed by atoms with Crippen molar-refractivity contribution < 1.29 is 13.6 Å². The zero-order valence-corrected chi connectivity index (χ0v) is 17.3. The molecule has 1 aromatic rings. The molecule has 0 radical (unpaired) electrons. The average Bonchev–Trinajstić information content (AvgIpc) is 2.67. The molecule has 2 N–H and O–H groups in total. The second kappa shape index (κ2) is 10.9. The molecule has 1 aliphatic rings. The first-order chi connectivity index (χ1) is 13.0. The van der Waals surface area contributed by atoms with Crippen LogP contribution in [-0.4, -0.2) is 55.9 Å². The van der Waals surface area contributed by atoms with Crippen LogP contribution in [0.2, 0.25) is 5.02 Å². The van der Waals surface area contributed by atoms with Gasteiger partial charge in [-0.25, -0.2) is 8.42 Å². The van der Waals surface area contributed by atoms with Crippen molar-refractivity contribution in [3.05, 3.63) is 29.3 Å². The van der Waals surface area contributed by atoms with Gasteiger partial charge in [-0.15, -0.1) is 5.92 Å². The van der Waals surface area contributed by atoms with E-state index in [4.69, 9.17) is 11.6 Å². The highest BCUT2D eigenvalue weighted by molar-refractivity contribution is 7.89. The van der Waals surface area contributed by atoms with E-state index in [9.17, 15) is 13.6 Å². The Kier molecular flexibility index (Phi) is 8.87. The third-order valence-electron chi connectivity index (χ3n) is 4.52. The number of nitrogens with zero attached hydrogens (tertiary/aromatic N) is 2. The van der Waals surface area contributed by atoms with Crippen LogP contribution in [0, 0.1) is 11.8 Å². The number of benzene rings is 1. The van der Waals surface area contributed by atoms with Gasteiger partial charge in [-0.2, -0.15) is 9.79 Å². The normalized spacial score (nSPS) is 16.6. The van der Waals surface area contributed by atoms with Gasteiger partial charge in [0.05, 0.1) is 5.75 Å².